The molecule has 0 radical (unpaired) electrons. The van der Waals surface area contributed by atoms with Gasteiger partial charge < -0.3 is 10.1 Å². The summed E-state index contributed by atoms with van der Waals surface area (Å²) in [5, 5.41) is 2.98. The third-order valence-electron chi connectivity index (χ3n) is 5.81. The van der Waals surface area contributed by atoms with E-state index >= 15 is 0 Å². The van der Waals surface area contributed by atoms with E-state index in [4.69, 9.17) is 4.74 Å². The topological polar surface area (TPSA) is 85.4 Å². The van der Waals surface area contributed by atoms with Crippen molar-refractivity contribution in [2.45, 2.75) is 24.7 Å². The van der Waals surface area contributed by atoms with Crippen molar-refractivity contribution >= 4 is 21.6 Å². The average molecular weight is 453 g/mol. The fraction of sp³-hybridized carbons (Fsp3) is 0.280. The zero-order valence-corrected chi connectivity index (χ0v) is 19.0. The third-order valence-corrected chi connectivity index (χ3v) is 6.75. The highest BCUT2D eigenvalue weighted by molar-refractivity contribution is 7.90. The molecule has 0 aliphatic heterocycles. The first-order chi connectivity index (χ1) is 15.3. The lowest BCUT2D eigenvalue weighted by Gasteiger charge is -2.16. The van der Waals surface area contributed by atoms with Gasteiger partial charge in [0.15, 0.2) is 0 Å². The normalized spacial score (nSPS) is 14.6. The molecule has 1 N–H and O–H groups in total. The predicted octanol–water partition coefficient (Wildman–Crippen LogP) is 4.26. The number of hydrogen-bond acceptors (Lipinski definition) is 5. The van der Waals surface area contributed by atoms with Crippen LogP contribution in [0.25, 0.3) is 11.3 Å². The van der Waals surface area contributed by atoms with Crippen molar-refractivity contribution in [3.05, 3.63) is 77.9 Å². The van der Waals surface area contributed by atoms with E-state index in [0.717, 1.165) is 41.0 Å². The monoisotopic (exact) mass is 452 g/mol. The molecule has 0 atom stereocenters. The summed E-state index contributed by atoms with van der Waals surface area (Å²) in [7, 11) is -1.38. The van der Waals surface area contributed by atoms with Crippen LogP contribution in [0.2, 0.25) is 0 Å². The van der Waals surface area contributed by atoms with Gasteiger partial charge >= 0.3 is 0 Å². The highest BCUT2D eigenvalue weighted by atomic mass is 32.2. The lowest BCUT2D eigenvalue weighted by molar-refractivity contribution is -0.118. The Kier molecular flexibility index (Phi) is 6.02. The minimum atomic E-state index is -2.99. The summed E-state index contributed by atoms with van der Waals surface area (Å²) < 4.78 is 28.0. The molecule has 1 fully saturated rings. The summed E-state index contributed by atoms with van der Waals surface area (Å²) in [5.41, 5.74) is 3.02. The Balaban J connectivity index is 0.00000306. The highest BCUT2D eigenvalue weighted by Gasteiger charge is 2.51. The Labute approximate surface area is 190 Å². The largest absolute Gasteiger partial charge is 0.497 e. The van der Waals surface area contributed by atoms with Gasteiger partial charge in [0.05, 0.1) is 24.0 Å². The first-order valence-corrected chi connectivity index (χ1v) is 12.6. The van der Waals surface area contributed by atoms with Crippen molar-refractivity contribution in [2.75, 3.05) is 24.4 Å². The highest BCUT2D eigenvalue weighted by Crippen LogP contribution is 2.49. The van der Waals surface area contributed by atoms with Gasteiger partial charge in [0.25, 0.3) is 0 Å². The molecule has 1 aliphatic carbocycles. The van der Waals surface area contributed by atoms with Crippen molar-refractivity contribution in [2.24, 2.45) is 0 Å². The fourth-order valence-electron chi connectivity index (χ4n) is 3.74. The first-order valence-electron chi connectivity index (χ1n) is 10.5. The van der Waals surface area contributed by atoms with E-state index in [1.54, 1.807) is 13.2 Å². The second-order valence-corrected chi connectivity index (χ2v) is 10.5. The van der Waals surface area contributed by atoms with Crippen molar-refractivity contribution in [1.29, 1.82) is 0 Å². The molecule has 1 saturated carbocycles. The summed E-state index contributed by atoms with van der Waals surface area (Å²) in [5.74, 6) is 1.30. The van der Waals surface area contributed by atoms with Crippen LogP contribution in [0.1, 0.15) is 25.4 Å². The molecule has 1 amide bonds. The molecule has 32 heavy (non-hydrogen) atoms. The van der Waals surface area contributed by atoms with E-state index in [9.17, 15) is 13.2 Å². The van der Waals surface area contributed by atoms with Crippen molar-refractivity contribution < 1.29 is 19.4 Å². The maximum absolute atomic E-state index is 13.1. The summed E-state index contributed by atoms with van der Waals surface area (Å²) in [4.78, 5) is 17.7. The lowest BCUT2D eigenvalue weighted by atomic mass is 9.94. The molecule has 1 aliphatic rings. The number of nitrogens with one attached hydrogen (secondary N) is 1. The number of rotatable bonds is 8. The summed E-state index contributed by atoms with van der Waals surface area (Å²) in [6.07, 6.45) is 3.31. The van der Waals surface area contributed by atoms with Gasteiger partial charge in [-0.3, -0.25) is 4.79 Å². The number of hydrogen-bond donors (Lipinski definition) is 1. The Bertz CT molecular complexity index is 1240. The van der Waals surface area contributed by atoms with Crippen LogP contribution in [-0.2, 0) is 26.5 Å². The van der Waals surface area contributed by atoms with Gasteiger partial charge in [-0.15, -0.1) is 0 Å². The number of amides is 1. The van der Waals surface area contributed by atoms with Crippen molar-refractivity contribution in [3.8, 4) is 17.0 Å². The van der Waals surface area contributed by atoms with Gasteiger partial charge in [0, 0.05) is 13.2 Å². The Morgan fingerprint density at radius 1 is 1.09 bits per heavy atom. The summed E-state index contributed by atoms with van der Waals surface area (Å²) in [6, 6.07) is 20.8. The molecule has 4 rings (SSSR count). The number of ether oxygens (including phenoxy) is 1. The second-order valence-electron chi connectivity index (χ2n) is 8.25. The molecule has 168 valence electrons. The second kappa shape index (κ2) is 8.74. The van der Waals surface area contributed by atoms with Gasteiger partial charge in [-0.1, -0.05) is 42.5 Å². The molecule has 6 nitrogen and oxygen atoms in total. The number of aromatic nitrogens is 1. The van der Waals surface area contributed by atoms with E-state index in [1.807, 2.05) is 60.7 Å². The van der Waals surface area contributed by atoms with Crippen molar-refractivity contribution in [1.82, 2.24) is 4.98 Å². The smallest absolute Gasteiger partial charge is 0.236 e. The maximum atomic E-state index is 13.1. The number of methoxy groups -OCH3 is 1. The SMILES string of the molecule is COc1cccc(C2(C(=O)Nc3cccc(-c4ccc(CCS(C)(=O)=O)cc4)n3)CC2)c1.[HH]. The van der Waals surface area contributed by atoms with E-state index in [1.165, 1.54) is 6.26 Å². The molecule has 2 aromatic carbocycles. The Morgan fingerprint density at radius 2 is 1.81 bits per heavy atom. The average Bonchev–Trinajstić information content (AvgIpc) is 3.60. The molecule has 0 unspecified atom stereocenters. The number of anilines is 1. The van der Waals surface area contributed by atoms with Gasteiger partial charge in [-0.2, -0.15) is 0 Å². The number of nitrogens with zero attached hydrogens (tertiary/aromatic N) is 1. The van der Waals surface area contributed by atoms with Crippen molar-refractivity contribution in [3.63, 3.8) is 0 Å². The molecule has 1 aromatic heterocycles. The number of benzene rings is 2. The maximum Gasteiger partial charge on any atom is 0.236 e. The van der Waals surface area contributed by atoms with E-state index < -0.39 is 15.3 Å². The number of sulfone groups is 1. The van der Waals surface area contributed by atoms with Gasteiger partial charge in [-0.05, 0) is 54.7 Å². The molecule has 0 spiro atoms. The zero-order valence-electron chi connectivity index (χ0n) is 18.2. The zero-order chi connectivity index (χ0) is 22.8. The van der Waals surface area contributed by atoms with Crippen LogP contribution in [-0.4, -0.2) is 38.4 Å². The standard InChI is InChI=1S/C25H26N2O4S.H2/c1-31-21-6-3-5-20(17-21)25(14-15-25)24(28)27-23-8-4-7-22(26-23)19-11-9-18(10-12-19)13-16-32(2,29)30;/h3-12,17H,13-16H2,1-2H3,(H,26,27,28);1H. The van der Waals surface area contributed by atoms with Gasteiger partial charge in [0.1, 0.15) is 21.4 Å². The van der Waals surface area contributed by atoms with Gasteiger partial charge in [0.2, 0.25) is 5.91 Å². The summed E-state index contributed by atoms with van der Waals surface area (Å²) >= 11 is 0. The quantitative estimate of drug-likeness (QED) is 0.552. The Hall–Kier alpha value is -3.19. The number of pyridine rings is 1. The molecule has 0 saturated heterocycles. The predicted molar refractivity (Wildman–Crippen MR) is 128 cm³/mol. The minimum Gasteiger partial charge on any atom is -0.497 e. The molecule has 3 aromatic rings. The summed E-state index contributed by atoms with van der Waals surface area (Å²) in [6.45, 7) is 0. The molecule has 1 heterocycles. The number of aryl methyl sites for hydroxylation is 1. The fourth-order valence-corrected chi connectivity index (χ4v) is 4.35. The molecular weight excluding hydrogens is 424 g/mol. The Morgan fingerprint density at radius 3 is 2.47 bits per heavy atom. The minimum absolute atomic E-state index is 0. The number of carbonyl (C=O) groups is 1. The first kappa shape index (κ1) is 22.0. The van der Waals surface area contributed by atoms with Gasteiger partial charge in [-0.25, -0.2) is 13.4 Å². The van der Waals surface area contributed by atoms with Crippen LogP contribution in [0, 0.1) is 0 Å². The van der Waals surface area contributed by atoms with Crippen LogP contribution in [0.15, 0.2) is 66.7 Å². The lowest BCUT2D eigenvalue weighted by Crippen LogP contribution is -2.28. The molecule has 0 bridgehead atoms. The van der Waals surface area contributed by atoms with E-state index in [2.05, 4.69) is 10.3 Å². The van der Waals surface area contributed by atoms with E-state index in [0.29, 0.717) is 12.2 Å². The number of carbonyl (C=O) groups excluding carboxylic acids is 1. The van der Waals surface area contributed by atoms with Crippen LogP contribution >= 0.6 is 0 Å². The third kappa shape index (κ3) is 4.99. The van der Waals surface area contributed by atoms with Crippen LogP contribution in [0.3, 0.4) is 0 Å². The van der Waals surface area contributed by atoms with Crippen LogP contribution in [0.4, 0.5) is 5.82 Å². The van der Waals surface area contributed by atoms with Crippen LogP contribution < -0.4 is 10.1 Å². The molecule has 7 heteroatoms. The van der Waals surface area contributed by atoms with E-state index in [-0.39, 0.29) is 13.1 Å². The van der Waals surface area contributed by atoms with Crippen LogP contribution in [0.5, 0.6) is 5.75 Å². The molecular formula is C25H28N2O4S.